The first kappa shape index (κ1) is 15.1. The first-order valence-electron chi connectivity index (χ1n) is 6.16. The molecule has 2 aromatic carbocycles. The lowest BCUT2D eigenvalue weighted by molar-refractivity contribution is 0.0993. The number of hydrogen-bond acceptors (Lipinski definition) is 4. The number of carbonyl (C=O) groups excluding carboxylic acids is 1. The van der Waals surface area contributed by atoms with Crippen molar-refractivity contribution < 1.29 is 18.3 Å². The molecule has 0 saturated heterocycles. The van der Waals surface area contributed by atoms with Gasteiger partial charge in [0.15, 0.2) is 9.84 Å². The number of carbonyl (C=O) groups is 1. The molecule has 0 aliphatic heterocycles. The second-order valence-corrected chi connectivity index (χ2v) is 6.69. The van der Waals surface area contributed by atoms with Crippen LogP contribution in [0.25, 0.3) is 0 Å². The van der Waals surface area contributed by atoms with Gasteiger partial charge in [-0.05, 0) is 48.5 Å². The fourth-order valence-corrected chi connectivity index (χ4v) is 2.46. The van der Waals surface area contributed by atoms with E-state index in [1.807, 2.05) is 0 Å². The second-order valence-electron chi connectivity index (χ2n) is 4.68. The highest BCUT2D eigenvalue weighted by molar-refractivity contribution is 7.90. The van der Waals surface area contributed by atoms with E-state index in [0.717, 1.165) is 6.26 Å². The number of amides is 1. The van der Waals surface area contributed by atoms with Crippen LogP contribution in [0.15, 0.2) is 53.4 Å². The number of nitrogens with zero attached hydrogens (tertiary/aromatic N) is 1. The Hall–Kier alpha value is -2.34. The highest BCUT2D eigenvalue weighted by atomic mass is 32.2. The maximum Gasteiger partial charge on any atom is 0.258 e. The zero-order chi connectivity index (χ0) is 15.6. The van der Waals surface area contributed by atoms with E-state index in [9.17, 15) is 18.3 Å². The maximum atomic E-state index is 12.3. The highest BCUT2D eigenvalue weighted by Gasteiger charge is 2.14. The zero-order valence-electron chi connectivity index (χ0n) is 11.6. The molecule has 6 heteroatoms. The molecule has 1 amide bonds. The van der Waals surface area contributed by atoms with Crippen LogP contribution >= 0.6 is 0 Å². The van der Waals surface area contributed by atoms with Crippen LogP contribution in [0.3, 0.4) is 0 Å². The Labute approximate surface area is 123 Å². The summed E-state index contributed by atoms with van der Waals surface area (Å²) in [6, 6.07) is 12.0. The molecule has 0 atom stereocenters. The van der Waals surface area contributed by atoms with Crippen molar-refractivity contribution in [3.05, 3.63) is 54.1 Å². The van der Waals surface area contributed by atoms with Gasteiger partial charge in [0.1, 0.15) is 5.75 Å². The minimum absolute atomic E-state index is 0.122. The van der Waals surface area contributed by atoms with E-state index in [0.29, 0.717) is 11.3 Å². The molecule has 0 heterocycles. The standard InChI is InChI=1S/C15H15NO4S/c1-16(12-5-7-13(17)8-6-12)15(18)11-3-9-14(10-4-11)21(2,19)20/h3-10,17H,1-2H3. The Morgan fingerprint density at radius 3 is 2.00 bits per heavy atom. The Bertz CT molecular complexity index is 749. The van der Waals surface area contributed by atoms with Crippen molar-refractivity contribution in [1.29, 1.82) is 0 Å². The first-order valence-corrected chi connectivity index (χ1v) is 8.05. The summed E-state index contributed by atoms with van der Waals surface area (Å²) in [5.41, 5.74) is 1.02. The van der Waals surface area contributed by atoms with Gasteiger partial charge in [0.05, 0.1) is 4.90 Å². The van der Waals surface area contributed by atoms with Crippen molar-refractivity contribution in [3.8, 4) is 5.75 Å². The topological polar surface area (TPSA) is 74.7 Å². The molecular formula is C15H15NO4S. The lowest BCUT2D eigenvalue weighted by Gasteiger charge is -2.17. The van der Waals surface area contributed by atoms with Crippen molar-refractivity contribution in [3.63, 3.8) is 0 Å². The molecule has 5 nitrogen and oxygen atoms in total. The van der Waals surface area contributed by atoms with Gasteiger partial charge in [-0.25, -0.2) is 8.42 Å². The van der Waals surface area contributed by atoms with E-state index in [2.05, 4.69) is 0 Å². The summed E-state index contributed by atoms with van der Waals surface area (Å²) in [4.78, 5) is 13.9. The van der Waals surface area contributed by atoms with Crippen LogP contribution in [0.2, 0.25) is 0 Å². The van der Waals surface area contributed by atoms with Gasteiger partial charge in [0, 0.05) is 24.6 Å². The summed E-state index contributed by atoms with van der Waals surface area (Å²) in [6.07, 6.45) is 1.12. The summed E-state index contributed by atoms with van der Waals surface area (Å²) in [5, 5.41) is 9.24. The molecule has 110 valence electrons. The number of phenolic OH excluding ortho intramolecular Hbond substituents is 1. The largest absolute Gasteiger partial charge is 0.508 e. The molecule has 0 bridgehead atoms. The molecule has 0 radical (unpaired) electrons. The molecule has 0 aliphatic carbocycles. The van der Waals surface area contributed by atoms with Gasteiger partial charge in [0.2, 0.25) is 0 Å². The molecule has 2 rings (SSSR count). The van der Waals surface area contributed by atoms with Gasteiger partial charge in [-0.15, -0.1) is 0 Å². The van der Waals surface area contributed by atoms with Crippen LogP contribution in [0.5, 0.6) is 5.75 Å². The van der Waals surface area contributed by atoms with Crippen LogP contribution in [0.1, 0.15) is 10.4 Å². The second kappa shape index (κ2) is 5.57. The van der Waals surface area contributed by atoms with Gasteiger partial charge < -0.3 is 10.0 Å². The van der Waals surface area contributed by atoms with Crippen LogP contribution < -0.4 is 4.90 Å². The smallest absolute Gasteiger partial charge is 0.258 e. The number of hydrogen-bond donors (Lipinski definition) is 1. The van der Waals surface area contributed by atoms with E-state index < -0.39 is 9.84 Å². The number of sulfone groups is 1. The van der Waals surface area contributed by atoms with Gasteiger partial charge >= 0.3 is 0 Å². The molecule has 1 N–H and O–H groups in total. The molecular weight excluding hydrogens is 290 g/mol. The van der Waals surface area contributed by atoms with E-state index >= 15 is 0 Å². The van der Waals surface area contributed by atoms with Crippen molar-refractivity contribution in [2.45, 2.75) is 4.90 Å². The van der Waals surface area contributed by atoms with E-state index in [-0.39, 0.29) is 16.6 Å². The number of phenols is 1. The third-order valence-corrected chi connectivity index (χ3v) is 4.20. The molecule has 0 aromatic heterocycles. The van der Waals surface area contributed by atoms with Crippen LogP contribution in [-0.4, -0.2) is 32.7 Å². The summed E-state index contributed by atoms with van der Waals surface area (Å²) >= 11 is 0. The Balaban J connectivity index is 2.25. The van der Waals surface area contributed by atoms with E-state index in [1.165, 1.54) is 41.3 Å². The SMILES string of the molecule is CN(C(=O)c1ccc(S(C)(=O)=O)cc1)c1ccc(O)cc1. The zero-order valence-corrected chi connectivity index (χ0v) is 12.5. The predicted octanol–water partition coefficient (Wildman–Crippen LogP) is 2.07. The first-order chi connectivity index (χ1) is 9.79. The fraction of sp³-hybridized carbons (Fsp3) is 0.133. The van der Waals surface area contributed by atoms with Crippen molar-refractivity contribution in [2.24, 2.45) is 0 Å². The number of rotatable bonds is 3. The van der Waals surface area contributed by atoms with Crippen LogP contribution in [0.4, 0.5) is 5.69 Å². The van der Waals surface area contributed by atoms with Gasteiger partial charge in [-0.2, -0.15) is 0 Å². The van der Waals surface area contributed by atoms with Gasteiger partial charge in [-0.1, -0.05) is 0 Å². The van der Waals surface area contributed by atoms with Crippen molar-refractivity contribution in [2.75, 3.05) is 18.2 Å². The van der Waals surface area contributed by atoms with E-state index in [1.54, 1.807) is 19.2 Å². The Morgan fingerprint density at radius 1 is 1.00 bits per heavy atom. The molecule has 0 spiro atoms. The molecule has 0 aliphatic rings. The molecule has 0 saturated carbocycles. The lowest BCUT2D eigenvalue weighted by atomic mass is 10.2. The molecule has 2 aromatic rings. The minimum atomic E-state index is -3.28. The van der Waals surface area contributed by atoms with Gasteiger partial charge in [-0.3, -0.25) is 4.79 Å². The van der Waals surface area contributed by atoms with Crippen LogP contribution in [0, 0.1) is 0 Å². The lowest BCUT2D eigenvalue weighted by Crippen LogP contribution is -2.26. The van der Waals surface area contributed by atoms with Crippen molar-refractivity contribution in [1.82, 2.24) is 0 Å². The van der Waals surface area contributed by atoms with Crippen molar-refractivity contribution >= 4 is 21.4 Å². The van der Waals surface area contributed by atoms with Crippen LogP contribution in [-0.2, 0) is 9.84 Å². The summed E-state index contributed by atoms with van der Waals surface area (Å²) in [7, 11) is -1.66. The normalized spacial score (nSPS) is 11.1. The predicted molar refractivity (Wildman–Crippen MR) is 80.4 cm³/mol. The Kier molecular flexibility index (Phi) is 3.99. The maximum absolute atomic E-state index is 12.3. The third-order valence-electron chi connectivity index (χ3n) is 3.07. The number of benzene rings is 2. The average Bonchev–Trinajstić information content (AvgIpc) is 2.46. The highest BCUT2D eigenvalue weighted by Crippen LogP contribution is 2.19. The molecule has 21 heavy (non-hydrogen) atoms. The number of aromatic hydroxyl groups is 1. The quantitative estimate of drug-likeness (QED) is 0.942. The molecule has 0 fully saturated rings. The third kappa shape index (κ3) is 3.41. The van der Waals surface area contributed by atoms with Gasteiger partial charge in [0.25, 0.3) is 5.91 Å². The average molecular weight is 305 g/mol. The minimum Gasteiger partial charge on any atom is -0.508 e. The fourth-order valence-electron chi connectivity index (χ4n) is 1.83. The Morgan fingerprint density at radius 2 is 1.52 bits per heavy atom. The van der Waals surface area contributed by atoms with E-state index in [4.69, 9.17) is 0 Å². The summed E-state index contributed by atoms with van der Waals surface area (Å²) < 4.78 is 22.8. The molecule has 0 unspecified atom stereocenters. The number of anilines is 1. The monoisotopic (exact) mass is 305 g/mol. The summed E-state index contributed by atoms with van der Waals surface area (Å²) in [5.74, 6) is -0.141. The summed E-state index contributed by atoms with van der Waals surface area (Å²) in [6.45, 7) is 0.